The van der Waals surface area contributed by atoms with Gasteiger partial charge in [-0.05, 0) is 12.1 Å². The number of ketones is 1. The molecule has 0 spiro atoms. The number of aromatic nitrogens is 1. The van der Waals surface area contributed by atoms with Crippen LogP contribution >= 0.6 is 11.8 Å². The molecule has 1 aromatic rings. The molecule has 0 aromatic carbocycles. The van der Waals surface area contributed by atoms with E-state index < -0.39 is 15.2 Å². The summed E-state index contributed by atoms with van der Waals surface area (Å²) in [6.07, 6.45) is 1.82. The summed E-state index contributed by atoms with van der Waals surface area (Å²) in [6.45, 7) is 2.47. The lowest BCUT2D eigenvalue weighted by molar-refractivity contribution is 0.0920. The zero-order valence-electron chi connectivity index (χ0n) is 11.8. The van der Waals surface area contributed by atoms with Crippen LogP contribution in [0.5, 0.6) is 0 Å². The Labute approximate surface area is 124 Å². The van der Waals surface area contributed by atoms with Crippen LogP contribution in [0.15, 0.2) is 18.3 Å². The van der Waals surface area contributed by atoms with Crippen LogP contribution in [0.3, 0.4) is 0 Å². The number of nitrogens with zero attached hydrogens (tertiary/aromatic N) is 2. The molecule has 1 aliphatic rings. The number of thioether (sulfide) groups is 1. The Morgan fingerprint density at radius 1 is 1.50 bits per heavy atom. The molecule has 7 heteroatoms. The smallest absolute Gasteiger partial charge is 0.193 e. The van der Waals surface area contributed by atoms with E-state index in [9.17, 15) is 13.2 Å². The third-order valence-corrected chi connectivity index (χ3v) is 6.92. The summed E-state index contributed by atoms with van der Waals surface area (Å²) in [5.74, 6) is 1.51. The quantitative estimate of drug-likeness (QED) is 0.759. The predicted molar refractivity (Wildman–Crippen MR) is 81.9 cm³/mol. The van der Waals surface area contributed by atoms with Crippen LogP contribution in [0.4, 0.5) is 0 Å². The number of hydrogen-bond acceptors (Lipinski definition) is 5. The van der Waals surface area contributed by atoms with Crippen molar-refractivity contribution in [3.05, 3.63) is 24.0 Å². The van der Waals surface area contributed by atoms with Gasteiger partial charge >= 0.3 is 0 Å². The van der Waals surface area contributed by atoms with Crippen LogP contribution in [-0.2, 0) is 16.9 Å². The molecular weight excluding hydrogens is 296 g/mol. The molecule has 1 fully saturated rings. The standard InChI is InChI=1S/C13H20N2O3S2/c1-3-20(17,18)13-10-19-8-7-15(13)9-12(16)11-5-4-6-14(11)2/h4-6,13H,3,7-10H2,1-2H3. The maximum atomic E-state index is 12.3. The zero-order chi connectivity index (χ0) is 14.8. The molecule has 5 nitrogen and oxygen atoms in total. The number of carbonyl (C=O) groups is 1. The average Bonchev–Trinajstić information content (AvgIpc) is 2.85. The highest BCUT2D eigenvalue weighted by atomic mass is 32.2. The Hall–Kier alpha value is -0.790. The third-order valence-electron chi connectivity index (χ3n) is 3.58. The molecule has 0 radical (unpaired) electrons. The molecule has 2 rings (SSSR count). The zero-order valence-corrected chi connectivity index (χ0v) is 13.4. The lowest BCUT2D eigenvalue weighted by atomic mass is 10.2. The van der Waals surface area contributed by atoms with Gasteiger partial charge in [0.05, 0.1) is 12.2 Å². The Morgan fingerprint density at radius 3 is 2.85 bits per heavy atom. The van der Waals surface area contributed by atoms with Gasteiger partial charge in [0, 0.05) is 37.0 Å². The van der Waals surface area contributed by atoms with E-state index in [0.717, 1.165) is 5.75 Å². The minimum atomic E-state index is -3.15. The van der Waals surface area contributed by atoms with Crippen molar-refractivity contribution in [1.82, 2.24) is 9.47 Å². The van der Waals surface area contributed by atoms with Crippen molar-refractivity contribution in [3.8, 4) is 0 Å². The van der Waals surface area contributed by atoms with E-state index in [-0.39, 0.29) is 18.1 Å². The van der Waals surface area contributed by atoms with Crippen LogP contribution in [0.1, 0.15) is 17.4 Å². The fourth-order valence-electron chi connectivity index (χ4n) is 2.34. The van der Waals surface area contributed by atoms with Gasteiger partial charge in [-0.1, -0.05) is 6.92 Å². The summed E-state index contributed by atoms with van der Waals surface area (Å²) in [5.41, 5.74) is 0.621. The summed E-state index contributed by atoms with van der Waals surface area (Å²) in [5, 5.41) is -0.532. The molecule has 0 bridgehead atoms. The van der Waals surface area contributed by atoms with Crippen LogP contribution < -0.4 is 0 Å². The van der Waals surface area contributed by atoms with Gasteiger partial charge in [0.15, 0.2) is 15.6 Å². The molecule has 1 aliphatic heterocycles. The fraction of sp³-hybridized carbons (Fsp3) is 0.615. The second kappa shape index (κ2) is 6.32. The second-order valence-electron chi connectivity index (χ2n) is 4.88. The maximum absolute atomic E-state index is 12.3. The number of rotatable bonds is 5. The largest absolute Gasteiger partial charge is 0.348 e. The van der Waals surface area contributed by atoms with Crippen LogP contribution in [0.25, 0.3) is 0 Å². The van der Waals surface area contributed by atoms with Crippen molar-refractivity contribution < 1.29 is 13.2 Å². The van der Waals surface area contributed by atoms with Crippen LogP contribution in [-0.4, -0.2) is 59.4 Å². The number of carbonyl (C=O) groups excluding carboxylic acids is 1. The van der Waals surface area contributed by atoms with Crippen molar-refractivity contribution in [2.45, 2.75) is 12.3 Å². The highest BCUT2D eigenvalue weighted by Gasteiger charge is 2.34. The SMILES string of the molecule is CCS(=O)(=O)C1CSCCN1CC(=O)c1cccn1C. The van der Waals surface area contributed by atoms with E-state index in [4.69, 9.17) is 0 Å². The van der Waals surface area contributed by atoms with Crippen LogP contribution in [0, 0.1) is 0 Å². The Bertz CT molecular complexity index is 580. The first-order valence-corrected chi connectivity index (χ1v) is 9.50. The number of Topliss-reactive ketones (excluding diaryl/α,β-unsaturated/α-hetero) is 1. The number of aryl methyl sites for hydroxylation is 1. The highest BCUT2D eigenvalue weighted by Crippen LogP contribution is 2.21. The molecule has 1 aromatic heterocycles. The van der Waals surface area contributed by atoms with Gasteiger partial charge in [-0.2, -0.15) is 11.8 Å². The van der Waals surface area contributed by atoms with Crippen molar-refractivity contribution >= 4 is 27.4 Å². The van der Waals surface area contributed by atoms with Gasteiger partial charge in [0.2, 0.25) is 0 Å². The number of hydrogen-bond donors (Lipinski definition) is 0. The van der Waals surface area contributed by atoms with Crippen LogP contribution in [0.2, 0.25) is 0 Å². The highest BCUT2D eigenvalue weighted by molar-refractivity contribution is 8.01. The molecule has 0 aliphatic carbocycles. The Morgan fingerprint density at radius 2 is 2.25 bits per heavy atom. The molecule has 2 heterocycles. The van der Waals surface area contributed by atoms with E-state index in [1.54, 1.807) is 29.3 Å². The maximum Gasteiger partial charge on any atom is 0.193 e. The third kappa shape index (κ3) is 3.27. The summed E-state index contributed by atoms with van der Waals surface area (Å²) in [4.78, 5) is 14.1. The van der Waals surface area contributed by atoms with Crippen molar-refractivity contribution in [2.24, 2.45) is 7.05 Å². The minimum Gasteiger partial charge on any atom is -0.348 e. The van der Waals surface area contributed by atoms with Gasteiger partial charge in [-0.25, -0.2) is 8.42 Å². The normalized spacial score (nSPS) is 21.0. The summed E-state index contributed by atoms with van der Waals surface area (Å²) >= 11 is 1.64. The van der Waals surface area contributed by atoms with Gasteiger partial charge in [0.25, 0.3) is 0 Å². The lowest BCUT2D eigenvalue weighted by Gasteiger charge is -2.34. The first-order valence-electron chi connectivity index (χ1n) is 6.63. The van der Waals surface area contributed by atoms with E-state index in [0.29, 0.717) is 18.0 Å². The summed E-state index contributed by atoms with van der Waals surface area (Å²) in [7, 11) is -1.33. The van der Waals surface area contributed by atoms with Crippen molar-refractivity contribution in [2.75, 3.05) is 30.3 Å². The van der Waals surface area contributed by atoms with Crippen molar-refractivity contribution in [3.63, 3.8) is 0 Å². The van der Waals surface area contributed by atoms with E-state index >= 15 is 0 Å². The Balaban J connectivity index is 2.14. The molecule has 1 unspecified atom stereocenters. The summed E-state index contributed by atoms with van der Waals surface area (Å²) in [6, 6.07) is 3.59. The van der Waals surface area contributed by atoms with E-state index in [1.165, 1.54) is 0 Å². The molecule has 1 saturated heterocycles. The molecule has 20 heavy (non-hydrogen) atoms. The predicted octanol–water partition coefficient (Wildman–Crippen LogP) is 1.02. The average molecular weight is 316 g/mol. The first-order chi connectivity index (χ1) is 9.45. The Kier molecular flexibility index (Phi) is 4.93. The minimum absolute atomic E-state index is 0.0271. The molecule has 0 saturated carbocycles. The molecule has 0 amide bonds. The van der Waals surface area contributed by atoms with E-state index in [2.05, 4.69) is 0 Å². The van der Waals surface area contributed by atoms with Gasteiger partial charge in [-0.3, -0.25) is 9.69 Å². The topological polar surface area (TPSA) is 59.4 Å². The molecular formula is C13H20N2O3S2. The fourth-order valence-corrected chi connectivity index (χ4v) is 5.42. The summed E-state index contributed by atoms with van der Waals surface area (Å²) < 4.78 is 26.0. The molecule has 0 N–H and O–H groups in total. The van der Waals surface area contributed by atoms with Gasteiger partial charge in [0.1, 0.15) is 5.37 Å². The lowest BCUT2D eigenvalue weighted by Crippen LogP contribution is -2.49. The first kappa shape index (κ1) is 15.6. The monoisotopic (exact) mass is 316 g/mol. The van der Waals surface area contributed by atoms with Crippen molar-refractivity contribution in [1.29, 1.82) is 0 Å². The molecule has 112 valence electrons. The van der Waals surface area contributed by atoms with Gasteiger partial charge in [-0.15, -0.1) is 0 Å². The second-order valence-corrected chi connectivity index (χ2v) is 8.48. The number of sulfone groups is 1. The van der Waals surface area contributed by atoms with Gasteiger partial charge < -0.3 is 4.57 Å². The van der Waals surface area contributed by atoms with E-state index in [1.807, 2.05) is 24.2 Å². The molecule has 1 atom stereocenters.